The Bertz CT molecular complexity index is 574. The van der Waals surface area contributed by atoms with Crippen LogP contribution >= 0.6 is 0 Å². The van der Waals surface area contributed by atoms with Gasteiger partial charge in [-0.25, -0.2) is 13.1 Å². The smallest absolute Gasteiger partial charge is 0.241 e. The summed E-state index contributed by atoms with van der Waals surface area (Å²) in [6.07, 6.45) is 0. The van der Waals surface area contributed by atoms with Crippen molar-refractivity contribution in [1.82, 2.24) is 10.0 Å². The van der Waals surface area contributed by atoms with Gasteiger partial charge < -0.3 is 10.1 Å². The Morgan fingerprint density at radius 1 is 1.19 bits per heavy atom. The van der Waals surface area contributed by atoms with Crippen LogP contribution in [0.25, 0.3) is 0 Å². The molecule has 0 spiro atoms. The fourth-order valence-corrected chi connectivity index (χ4v) is 2.57. The van der Waals surface area contributed by atoms with E-state index >= 15 is 0 Å². The zero-order chi connectivity index (χ0) is 16.1. The number of hydrogen-bond donors (Lipinski definition) is 2. The summed E-state index contributed by atoms with van der Waals surface area (Å²) in [7, 11) is -3.71. The molecule has 0 atom stereocenters. The van der Waals surface area contributed by atoms with Crippen molar-refractivity contribution in [3.63, 3.8) is 0 Å². The molecule has 0 bridgehead atoms. The van der Waals surface area contributed by atoms with Gasteiger partial charge in [-0.05, 0) is 52.0 Å². The van der Waals surface area contributed by atoms with Gasteiger partial charge in [0.1, 0.15) is 5.75 Å². The Hall–Kier alpha value is -1.60. The third kappa shape index (κ3) is 6.14. The van der Waals surface area contributed by atoms with Crippen molar-refractivity contribution in [1.29, 1.82) is 0 Å². The minimum Gasteiger partial charge on any atom is -0.494 e. The Morgan fingerprint density at radius 2 is 1.76 bits per heavy atom. The van der Waals surface area contributed by atoms with Crippen LogP contribution < -0.4 is 14.8 Å². The lowest BCUT2D eigenvalue weighted by Gasteiger charge is -2.20. The summed E-state index contributed by atoms with van der Waals surface area (Å²) in [5, 5.41) is 2.68. The lowest BCUT2D eigenvalue weighted by molar-refractivity contribution is -0.121. The first-order chi connectivity index (χ1) is 9.64. The van der Waals surface area contributed by atoms with Gasteiger partial charge in [0.2, 0.25) is 15.9 Å². The van der Waals surface area contributed by atoms with Crippen LogP contribution in [0, 0.1) is 0 Å². The van der Waals surface area contributed by atoms with Gasteiger partial charge in [-0.15, -0.1) is 0 Å². The van der Waals surface area contributed by atoms with Gasteiger partial charge >= 0.3 is 0 Å². The summed E-state index contributed by atoms with van der Waals surface area (Å²) >= 11 is 0. The summed E-state index contributed by atoms with van der Waals surface area (Å²) in [5.74, 6) is 0.221. The number of benzene rings is 1. The van der Waals surface area contributed by atoms with Crippen molar-refractivity contribution in [3.05, 3.63) is 24.3 Å². The van der Waals surface area contributed by atoms with Crippen LogP contribution in [0.15, 0.2) is 29.2 Å². The molecule has 0 saturated heterocycles. The van der Waals surface area contributed by atoms with Crippen molar-refractivity contribution >= 4 is 15.9 Å². The van der Waals surface area contributed by atoms with E-state index < -0.39 is 15.6 Å². The van der Waals surface area contributed by atoms with Crippen molar-refractivity contribution < 1.29 is 17.9 Å². The van der Waals surface area contributed by atoms with Crippen LogP contribution in [0.3, 0.4) is 0 Å². The molecular formula is C14H22N2O4S. The SMILES string of the molecule is CCOc1ccc(S(=O)(=O)NCC(=O)NC(C)(C)C)cc1. The number of sulfonamides is 1. The number of carbonyl (C=O) groups excluding carboxylic acids is 1. The van der Waals surface area contributed by atoms with Crippen LogP contribution in [0.2, 0.25) is 0 Å². The van der Waals surface area contributed by atoms with E-state index in [4.69, 9.17) is 4.74 Å². The van der Waals surface area contributed by atoms with Crippen molar-refractivity contribution in [2.45, 2.75) is 38.1 Å². The number of amides is 1. The van der Waals surface area contributed by atoms with Crippen LogP contribution in [-0.4, -0.2) is 33.0 Å². The molecule has 0 radical (unpaired) electrons. The number of hydrogen-bond acceptors (Lipinski definition) is 4. The molecule has 0 aliphatic heterocycles. The van der Waals surface area contributed by atoms with E-state index in [0.717, 1.165) is 0 Å². The number of nitrogens with one attached hydrogen (secondary N) is 2. The number of carbonyl (C=O) groups is 1. The second-order valence-electron chi connectivity index (χ2n) is 5.53. The summed E-state index contributed by atoms with van der Waals surface area (Å²) in [6, 6.07) is 6.03. The minimum absolute atomic E-state index is 0.0921. The molecular weight excluding hydrogens is 292 g/mol. The first-order valence-electron chi connectivity index (χ1n) is 6.67. The van der Waals surface area contributed by atoms with Gasteiger partial charge in [0.25, 0.3) is 0 Å². The Kier molecular flexibility index (Phi) is 5.74. The molecule has 2 N–H and O–H groups in total. The maximum atomic E-state index is 12.0. The molecule has 0 aliphatic carbocycles. The van der Waals surface area contributed by atoms with Gasteiger partial charge in [-0.3, -0.25) is 4.79 Å². The van der Waals surface area contributed by atoms with Crippen LogP contribution in [0.1, 0.15) is 27.7 Å². The highest BCUT2D eigenvalue weighted by molar-refractivity contribution is 7.89. The second-order valence-corrected chi connectivity index (χ2v) is 7.29. The van der Waals surface area contributed by atoms with Gasteiger partial charge in [0.05, 0.1) is 18.0 Å². The van der Waals surface area contributed by atoms with E-state index in [-0.39, 0.29) is 17.3 Å². The second kappa shape index (κ2) is 6.91. The quantitative estimate of drug-likeness (QED) is 0.828. The standard InChI is InChI=1S/C14H22N2O4S/c1-5-20-11-6-8-12(9-7-11)21(18,19)15-10-13(17)16-14(2,3)4/h6-9,15H,5,10H2,1-4H3,(H,16,17). The van der Waals surface area contributed by atoms with E-state index in [1.165, 1.54) is 12.1 Å². The topological polar surface area (TPSA) is 84.5 Å². The van der Waals surface area contributed by atoms with Gasteiger partial charge in [-0.1, -0.05) is 0 Å². The lowest BCUT2D eigenvalue weighted by atomic mass is 10.1. The fraction of sp³-hybridized carbons (Fsp3) is 0.500. The summed E-state index contributed by atoms with van der Waals surface area (Å²) in [6.45, 7) is 7.54. The van der Waals surface area contributed by atoms with E-state index in [2.05, 4.69) is 10.0 Å². The zero-order valence-corrected chi connectivity index (χ0v) is 13.6. The number of rotatable bonds is 6. The molecule has 118 valence electrons. The first-order valence-corrected chi connectivity index (χ1v) is 8.16. The van der Waals surface area contributed by atoms with E-state index in [9.17, 15) is 13.2 Å². The molecule has 0 aromatic heterocycles. The molecule has 0 aliphatic rings. The summed E-state index contributed by atoms with van der Waals surface area (Å²) in [5.41, 5.74) is -0.401. The predicted molar refractivity (Wildman–Crippen MR) is 80.7 cm³/mol. The highest BCUT2D eigenvalue weighted by Crippen LogP contribution is 2.15. The molecule has 1 rings (SSSR count). The highest BCUT2D eigenvalue weighted by atomic mass is 32.2. The first kappa shape index (κ1) is 17.5. The molecule has 7 heteroatoms. The fourth-order valence-electron chi connectivity index (χ4n) is 1.59. The molecule has 1 aromatic carbocycles. The normalized spacial score (nSPS) is 12.0. The molecule has 21 heavy (non-hydrogen) atoms. The van der Waals surface area contributed by atoms with Crippen LogP contribution in [-0.2, 0) is 14.8 Å². The molecule has 6 nitrogen and oxygen atoms in total. The third-order valence-corrected chi connectivity index (χ3v) is 3.80. The predicted octanol–water partition coefficient (Wildman–Crippen LogP) is 1.28. The van der Waals surface area contributed by atoms with Crippen LogP contribution in [0.5, 0.6) is 5.75 Å². The van der Waals surface area contributed by atoms with E-state index in [1.54, 1.807) is 12.1 Å². The minimum atomic E-state index is -3.71. The van der Waals surface area contributed by atoms with Crippen molar-refractivity contribution in [2.24, 2.45) is 0 Å². The average Bonchev–Trinajstić information content (AvgIpc) is 2.36. The zero-order valence-electron chi connectivity index (χ0n) is 12.8. The number of ether oxygens (including phenoxy) is 1. The Morgan fingerprint density at radius 3 is 2.24 bits per heavy atom. The molecule has 0 heterocycles. The molecule has 0 fully saturated rings. The van der Waals surface area contributed by atoms with E-state index in [1.807, 2.05) is 27.7 Å². The lowest BCUT2D eigenvalue weighted by Crippen LogP contribution is -2.45. The summed E-state index contributed by atoms with van der Waals surface area (Å²) in [4.78, 5) is 11.7. The maximum Gasteiger partial charge on any atom is 0.241 e. The Labute approximate surface area is 125 Å². The average molecular weight is 314 g/mol. The van der Waals surface area contributed by atoms with Gasteiger partial charge in [0.15, 0.2) is 0 Å². The molecule has 1 amide bonds. The monoisotopic (exact) mass is 314 g/mol. The van der Waals surface area contributed by atoms with Crippen molar-refractivity contribution in [2.75, 3.05) is 13.2 Å². The van der Waals surface area contributed by atoms with Gasteiger partial charge in [-0.2, -0.15) is 0 Å². The molecule has 1 aromatic rings. The van der Waals surface area contributed by atoms with Gasteiger partial charge in [0, 0.05) is 5.54 Å². The third-order valence-electron chi connectivity index (χ3n) is 2.38. The molecule has 0 unspecified atom stereocenters. The Balaban J connectivity index is 2.67. The molecule has 0 saturated carbocycles. The van der Waals surface area contributed by atoms with Crippen molar-refractivity contribution in [3.8, 4) is 5.75 Å². The summed E-state index contributed by atoms with van der Waals surface area (Å²) < 4.78 is 31.6. The van der Waals surface area contributed by atoms with E-state index in [0.29, 0.717) is 12.4 Å². The largest absolute Gasteiger partial charge is 0.494 e. The highest BCUT2D eigenvalue weighted by Gasteiger charge is 2.18. The van der Waals surface area contributed by atoms with Crippen LogP contribution in [0.4, 0.5) is 0 Å². The maximum absolute atomic E-state index is 12.0.